The number of allylic oxidation sites excluding steroid dienone is 2. The molecule has 0 aromatic heterocycles. The van der Waals surface area contributed by atoms with Gasteiger partial charge in [-0.05, 0) is 23.8 Å². The van der Waals surface area contributed by atoms with Crippen LogP contribution in [0.25, 0.3) is 11.8 Å². The first-order valence-electron chi connectivity index (χ1n) is 6.13. The van der Waals surface area contributed by atoms with Crippen molar-refractivity contribution in [2.45, 2.75) is 5.91 Å². The lowest BCUT2D eigenvalue weighted by atomic mass is 9.98. The fourth-order valence-corrected chi connectivity index (χ4v) is 2.68. The molecular weight excluding hydrogens is 226 g/mol. The van der Waals surface area contributed by atoms with Crippen LogP contribution in [0, 0.1) is 0 Å². The van der Waals surface area contributed by atoms with Crippen molar-refractivity contribution in [1.29, 1.82) is 0 Å². The maximum atomic E-state index is 5.79. The Balaban J connectivity index is 1.87. The van der Waals surface area contributed by atoms with E-state index < -0.39 is 5.91 Å². The number of hydrogen-bond donors (Lipinski definition) is 0. The van der Waals surface area contributed by atoms with Gasteiger partial charge in [-0.25, -0.2) is 0 Å². The second-order valence-electron chi connectivity index (χ2n) is 4.51. The average Bonchev–Trinajstić information content (AvgIpc) is 2.88. The molecule has 90 valence electrons. The van der Waals surface area contributed by atoms with Gasteiger partial charge in [0.05, 0.1) is 18.9 Å². The highest BCUT2D eigenvalue weighted by Crippen LogP contribution is 2.40. The number of rotatable bonds is 0. The van der Waals surface area contributed by atoms with Crippen LogP contribution in [-0.2, 0) is 9.47 Å². The van der Waals surface area contributed by atoms with Crippen LogP contribution in [0.5, 0.6) is 0 Å². The van der Waals surface area contributed by atoms with Gasteiger partial charge < -0.3 is 9.47 Å². The lowest BCUT2D eigenvalue weighted by molar-refractivity contribution is -0.185. The largest absolute Gasteiger partial charge is 0.327 e. The van der Waals surface area contributed by atoms with Crippen LogP contribution in [0.15, 0.2) is 48.7 Å². The van der Waals surface area contributed by atoms with Gasteiger partial charge in [0.1, 0.15) is 0 Å². The van der Waals surface area contributed by atoms with E-state index in [-0.39, 0.29) is 0 Å². The summed E-state index contributed by atoms with van der Waals surface area (Å²) in [7, 11) is 0. The van der Waals surface area contributed by atoms with Crippen molar-refractivity contribution >= 4 is 11.8 Å². The van der Waals surface area contributed by atoms with Gasteiger partial charge in [0.15, 0.2) is 0 Å². The molecule has 3 nitrogen and oxygen atoms in total. The Kier molecular flexibility index (Phi) is 2.01. The third-order valence-corrected chi connectivity index (χ3v) is 3.50. The fourth-order valence-electron chi connectivity index (χ4n) is 2.68. The highest BCUT2D eigenvalue weighted by molar-refractivity contribution is 5.79. The van der Waals surface area contributed by atoms with Crippen molar-refractivity contribution in [3.8, 4) is 0 Å². The van der Waals surface area contributed by atoms with Gasteiger partial charge in [-0.15, -0.1) is 0 Å². The van der Waals surface area contributed by atoms with Crippen molar-refractivity contribution in [1.82, 2.24) is 4.90 Å². The highest BCUT2D eigenvalue weighted by atomic mass is 16.8. The SMILES string of the molecule is C1=CC2(OCCO2)N2C=Cc3ccccc3C2=C1. The first kappa shape index (κ1) is 10.1. The Hall–Kier alpha value is -1.84. The molecule has 0 unspecified atom stereocenters. The van der Waals surface area contributed by atoms with E-state index in [0.717, 1.165) is 5.70 Å². The summed E-state index contributed by atoms with van der Waals surface area (Å²) in [6.45, 7) is 1.26. The Morgan fingerprint density at radius 2 is 1.94 bits per heavy atom. The van der Waals surface area contributed by atoms with Crippen LogP contribution in [0.3, 0.4) is 0 Å². The van der Waals surface area contributed by atoms with E-state index >= 15 is 0 Å². The molecule has 0 atom stereocenters. The monoisotopic (exact) mass is 239 g/mol. The summed E-state index contributed by atoms with van der Waals surface area (Å²) < 4.78 is 11.6. The van der Waals surface area contributed by atoms with Crippen LogP contribution in [-0.4, -0.2) is 24.0 Å². The summed E-state index contributed by atoms with van der Waals surface area (Å²) in [5.41, 5.74) is 3.56. The van der Waals surface area contributed by atoms with Crippen LogP contribution < -0.4 is 0 Å². The van der Waals surface area contributed by atoms with Gasteiger partial charge >= 0.3 is 0 Å². The molecule has 4 rings (SSSR count). The minimum atomic E-state index is -0.742. The Morgan fingerprint density at radius 1 is 1.11 bits per heavy atom. The maximum absolute atomic E-state index is 5.79. The van der Waals surface area contributed by atoms with Gasteiger partial charge in [-0.3, -0.25) is 4.90 Å². The Bertz CT molecular complexity index is 580. The smallest absolute Gasteiger partial charge is 0.277 e. The molecule has 0 radical (unpaired) electrons. The molecule has 0 aliphatic carbocycles. The first-order valence-corrected chi connectivity index (χ1v) is 6.13. The van der Waals surface area contributed by atoms with Crippen molar-refractivity contribution < 1.29 is 9.47 Å². The van der Waals surface area contributed by atoms with Gasteiger partial charge in [0, 0.05) is 11.8 Å². The van der Waals surface area contributed by atoms with Crippen molar-refractivity contribution in [2.75, 3.05) is 13.2 Å². The molecule has 1 spiro atoms. The molecule has 3 heteroatoms. The third-order valence-electron chi connectivity index (χ3n) is 3.50. The average molecular weight is 239 g/mol. The molecule has 3 aliphatic heterocycles. The van der Waals surface area contributed by atoms with Crippen LogP contribution in [0.2, 0.25) is 0 Å². The molecule has 0 saturated carbocycles. The predicted octanol–water partition coefficient (Wildman–Crippen LogP) is 2.58. The van der Waals surface area contributed by atoms with E-state index in [4.69, 9.17) is 9.47 Å². The van der Waals surface area contributed by atoms with E-state index in [1.54, 1.807) is 0 Å². The van der Waals surface area contributed by atoms with Crippen molar-refractivity contribution in [3.63, 3.8) is 0 Å². The normalized spacial score (nSPS) is 22.9. The second kappa shape index (κ2) is 3.57. The van der Waals surface area contributed by atoms with Crippen LogP contribution in [0.4, 0.5) is 0 Å². The molecule has 1 fully saturated rings. The number of hydrogen-bond acceptors (Lipinski definition) is 3. The molecule has 1 aromatic carbocycles. The van der Waals surface area contributed by atoms with E-state index in [1.165, 1.54) is 11.1 Å². The first-order chi connectivity index (χ1) is 8.89. The summed E-state index contributed by atoms with van der Waals surface area (Å²) in [6, 6.07) is 8.35. The van der Waals surface area contributed by atoms with Crippen molar-refractivity contribution in [3.05, 3.63) is 59.8 Å². The predicted molar refractivity (Wildman–Crippen MR) is 69.1 cm³/mol. The molecule has 18 heavy (non-hydrogen) atoms. The number of nitrogens with zero attached hydrogens (tertiary/aromatic N) is 1. The Morgan fingerprint density at radius 3 is 2.83 bits per heavy atom. The molecular formula is C15H13NO2. The summed E-state index contributed by atoms with van der Waals surface area (Å²) >= 11 is 0. The van der Waals surface area contributed by atoms with Crippen LogP contribution in [0.1, 0.15) is 11.1 Å². The molecule has 0 amide bonds. The molecule has 1 aromatic rings. The van der Waals surface area contributed by atoms with E-state index in [0.29, 0.717) is 13.2 Å². The lowest BCUT2D eigenvalue weighted by Gasteiger charge is -2.41. The van der Waals surface area contributed by atoms with E-state index in [1.807, 2.05) is 18.4 Å². The molecule has 0 bridgehead atoms. The zero-order valence-electron chi connectivity index (χ0n) is 9.87. The Labute approximate surface area is 106 Å². The van der Waals surface area contributed by atoms with Crippen LogP contribution >= 0.6 is 0 Å². The quantitative estimate of drug-likeness (QED) is 0.694. The second-order valence-corrected chi connectivity index (χ2v) is 4.51. The third kappa shape index (κ3) is 1.26. The fraction of sp³-hybridized carbons (Fsp3) is 0.200. The number of benzene rings is 1. The van der Waals surface area contributed by atoms with Crippen molar-refractivity contribution in [2.24, 2.45) is 0 Å². The van der Waals surface area contributed by atoms with Gasteiger partial charge in [-0.2, -0.15) is 0 Å². The summed E-state index contributed by atoms with van der Waals surface area (Å²) in [4.78, 5) is 2.06. The molecule has 0 N–H and O–H groups in total. The zero-order chi connectivity index (χ0) is 12.0. The summed E-state index contributed by atoms with van der Waals surface area (Å²) in [5.74, 6) is -0.742. The summed E-state index contributed by atoms with van der Waals surface area (Å²) in [5, 5.41) is 0. The minimum absolute atomic E-state index is 0.629. The lowest BCUT2D eigenvalue weighted by Crippen LogP contribution is -2.46. The summed E-state index contributed by atoms with van der Waals surface area (Å²) in [6.07, 6.45) is 10.2. The topological polar surface area (TPSA) is 21.7 Å². The number of ether oxygens (including phenoxy) is 2. The van der Waals surface area contributed by atoms with Gasteiger partial charge in [-0.1, -0.05) is 30.3 Å². The van der Waals surface area contributed by atoms with Gasteiger partial charge in [0.2, 0.25) is 0 Å². The van der Waals surface area contributed by atoms with E-state index in [9.17, 15) is 0 Å². The molecule has 3 aliphatic rings. The van der Waals surface area contributed by atoms with E-state index in [2.05, 4.69) is 41.3 Å². The standard InChI is InChI=1S/C15H13NO2/c1-2-5-13-12(4-1)7-9-16-14(13)6-3-8-15(16)17-10-11-18-15/h1-9H,10-11H2. The highest BCUT2D eigenvalue weighted by Gasteiger charge is 2.43. The number of fused-ring (bicyclic) bond motifs is 4. The molecule has 1 saturated heterocycles. The minimum Gasteiger partial charge on any atom is -0.327 e. The maximum Gasteiger partial charge on any atom is 0.277 e. The zero-order valence-corrected chi connectivity index (χ0v) is 9.87. The molecule has 3 heterocycles. The van der Waals surface area contributed by atoms with Gasteiger partial charge in [0.25, 0.3) is 5.91 Å².